The highest BCUT2D eigenvalue weighted by molar-refractivity contribution is 5.77. The molecule has 0 N–H and O–H groups in total. The molecule has 0 bridgehead atoms. The van der Waals surface area contributed by atoms with Gasteiger partial charge in [-0.05, 0) is 12.8 Å². The highest BCUT2D eigenvalue weighted by Crippen LogP contribution is 2.06. The van der Waals surface area contributed by atoms with Crippen molar-refractivity contribution in [3.8, 4) is 0 Å². The van der Waals surface area contributed by atoms with Gasteiger partial charge in [-0.15, -0.1) is 5.43 Å². The van der Waals surface area contributed by atoms with Crippen molar-refractivity contribution in [1.29, 1.82) is 0 Å². The summed E-state index contributed by atoms with van der Waals surface area (Å²) in [5.74, 6) is 0.188. The molecule has 1 radical (unpaired) electrons. The average Bonchev–Trinajstić information content (AvgIpc) is 2.31. The molecule has 0 aromatic carbocycles. The first-order chi connectivity index (χ1) is 4.84. The zero-order valence-electron chi connectivity index (χ0n) is 6.34. The van der Waals surface area contributed by atoms with Crippen molar-refractivity contribution < 1.29 is 4.79 Å². The molecule has 1 aliphatic heterocycles. The molecule has 0 saturated carbocycles. The topological polar surface area (TPSA) is 34.4 Å². The summed E-state index contributed by atoms with van der Waals surface area (Å²) in [6, 6.07) is 0. The van der Waals surface area contributed by atoms with E-state index in [1.807, 2.05) is 0 Å². The van der Waals surface area contributed by atoms with Gasteiger partial charge in [0.2, 0.25) is 5.91 Å². The third-order valence-electron chi connectivity index (χ3n) is 1.54. The van der Waals surface area contributed by atoms with E-state index in [0.717, 1.165) is 25.9 Å². The van der Waals surface area contributed by atoms with Gasteiger partial charge in [0, 0.05) is 19.5 Å². The Morgan fingerprint density at radius 1 is 1.70 bits per heavy atom. The molecule has 0 atom stereocenters. The molecule has 1 saturated heterocycles. The lowest BCUT2D eigenvalue weighted by Gasteiger charge is -2.12. The van der Waals surface area contributed by atoms with Gasteiger partial charge in [0.1, 0.15) is 0 Å². The molecule has 3 nitrogen and oxygen atoms in total. The Labute approximate surface area is 61.4 Å². The summed E-state index contributed by atoms with van der Waals surface area (Å²) in [5, 5.41) is 1.60. The quantitative estimate of drug-likeness (QED) is 0.564. The second-order valence-electron chi connectivity index (χ2n) is 2.49. The van der Waals surface area contributed by atoms with Crippen LogP contribution in [0.15, 0.2) is 0 Å². The standard InChI is InChI=1S/C7H13N2O/c1-2-5-8-9-6-3-4-7(9)10/h2-6H2,1H3. The molecule has 1 rings (SSSR count). The Kier molecular flexibility index (Phi) is 2.68. The summed E-state index contributed by atoms with van der Waals surface area (Å²) in [5.41, 5.74) is 4.11. The third kappa shape index (κ3) is 1.70. The molecule has 0 spiro atoms. The largest absolute Gasteiger partial charge is 0.273 e. The lowest BCUT2D eigenvalue weighted by atomic mass is 10.4. The monoisotopic (exact) mass is 141 g/mol. The van der Waals surface area contributed by atoms with Gasteiger partial charge in [-0.3, -0.25) is 9.80 Å². The van der Waals surface area contributed by atoms with E-state index in [9.17, 15) is 4.79 Å². The van der Waals surface area contributed by atoms with Crippen LogP contribution < -0.4 is 5.43 Å². The molecular weight excluding hydrogens is 128 g/mol. The molecule has 1 amide bonds. The van der Waals surface area contributed by atoms with E-state index < -0.39 is 0 Å². The lowest BCUT2D eigenvalue weighted by molar-refractivity contribution is -0.130. The minimum Gasteiger partial charge on any atom is -0.273 e. The molecule has 10 heavy (non-hydrogen) atoms. The number of hydrogen-bond donors (Lipinski definition) is 0. The van der Waals surface area contributed by atoms with E-state index in [4.69, 9.17) is 0 Å². The minimum atomic E-state index is 0.188. The lowest BCUT2D eigenvalue weighted by Crippen LogP contribution is -2.33. The number of nitrogens with zero attached hydrogens (tertiary/aromatic N) is 2. The van der Waals surface area contributed by atoms with E-state index in [1.165, 1.54) is 0 Å². The van der Waals surface area contributed by atoms with Crippen LogP contribution in [0.2, 0.25) is 0 Å². The fourth-order valence-corrected chi connectivity index (χ4v) is 1.00. The smallest absolute Gasteiger partial charge is 0.238 e. The molecule has 57 valence electrons. The zero-order valence-corrected chi connectivity index (χ0v) is 6.34. The van der Waals surface area contributed by atoms with Crippen molar-refractivity contribution in [2.75, 3.05) is 13.1 Å². The van der Waals surface area contributed by atoms with Crippen LogP contribution in [0.4, 0.5) is 0 Å². The van der Waals surface area contributed by atoms with Gasteiger partial charge in [-0.25, -0.2) is 0 Å². The Balaban J connectivity index is 2.20. The Bertz CT molecular complexity index is 125. The first-order valence-electron chi connectivity index (χ1n) is 3.82. The fourth-order valence-electron chi connectivity index (χ4n) is 1.00. The van der Waals surface area contributed by atoms with Crippen LogP contribution >= 0.6 is 0 Å². The molecular formula is C7H13N2O. The number of amides is 1. The maximum Gasteiger partial charge on any atom is 0.238 e. The number of carbonyl (C=O) groups excluding carboxylic acids is 1. The summed E-state index contributed by atoms with van der Waals surface area (Å²) >= 11 is 0. The van der Waals surface area contributed by atoms with Gasteiger partial charge < -0.3 is 0 Å². The maximum atomic E-state index is 10.9. The molecule has 3 heteroatoms. The van der Waals surface area contributed by atoms with E-state index in [2.05, 4.69) is 12.3 Å². The van der Waals surface area contributed by atoms with Crippen molar-refractivity contribution in [2.45, 2.75) is 26.2 Å². The predicted octanol–water partition coefficient (Wildman–Crippen LogP) is 0.538. The summed E-state index contributed by atoms with van der Waals surface area (Å²) in [6.45, 7) is 3.68. The predicted molar refractivity (Wildman–Crippen MR) is 38.2 cm³/mol. The first-order valence-corrected chi connectivity index (χ1v) is 3.82. The number of carbonyl (C=O) groups is 1. The molecule has 1 fully saturated rings. The van der Waals surface area contributed by atoms with Gasteiger partial charge in [-0.2, -0.15) is 0 Å². The second-order valence-corrected chi connectivity index (χ2v) is 2.49. The van der Waals surface area contributed by atoms with Crippen molar-refractivity contribution >= 4 is 5.91 Å². The van der Waals surface area contributed by atoms with Crippen LogP contribution in [-0.4, -0.2) is 24.0 Å². The molecule has 1 heterocycles. The molecule has 0 aliphatic carbocycles. The third-order valence-corrected chi connectivity index (χ3v) is 1.54. The van der Waals surface area contributed by atoms with Crippen molar-refractivity contribution in [1.82, 2.24) is 10.4 Å². The van der Waals surface area contributed by atoms with Gasteiger partial charge in [-0.1, -0.05) is 6.92 Å². The molecule has 1 aliphatic rings. The maximum absolute atomic E-state index is 10.9. The normalized spacial score (nSPS) is 18.5. The van der Waals surface area contributed by atoms with Crippen LogP contribution in [0.5, 0.6) is 0 Å². The highest BCUT2D eigenvalue weighted by atomic mass is 16.2. The summed E-state index contributed by atoms with van der Waals surface area (Å²) in [4.78, 5) is 10.9. The minimum absolute atomic E-state index is 0.188. The molecule has 0 unspecified atom stereocenters. The second kappa shape index (κ2) is 3.56. The van der Waals surface area contributed by atoms with Crippen molar-refractivity contribution in [3.05, 3.63) is 0 Å². The summed E-state index contributed by atoms with van der Waals surface area (Å²) in [6.07, 6.45) is 2.68. The van der Waals surface area contributed by atoms with Crippen LogP contribution in [0.3, 0.4) is 0 Å². The van der Waals surface area contributed by atoms with E-state index in [1.54, 1.807) is 5.01 Å². The molecule has 0 aromatic rings. The van der Waals surface area contributed by atoms with E-state index in [0.29, 0.717) is 6.42 Å². The summed E-state index contributed by atoms with van der Waals surface area (Å²) < 4.78 is 0. The van der Waals surface area contributed by atoms with Gasteiger partial charge in [0.05, 0.1) is 0 Å². The van der Waals surface area contributed by atoms with Gasteiger partial charge in [0.25, 0.3) is 0 Å². The Hall–Kier alpha value is -0.570. The van der Waals surface area contributed by atoms with Crippen molar-refractivity contribution in [3.63, 3.8) is 0 Å². The van der Waals surface area contributed by atoms with Crippen LogP contribution in [0.25, 0.3) is 0 Å². The fraction of sp³-hybridized carbons (Fsp3) is 0.857. The van der Waals surface area contributed by atoms with Gasteiger partial charge in [0.15, 0.2) is 0 Å². The van der Waals surface area contributed by atoms with Gasteiger partial charge >= 0.3 is 0 Å². The first kappa shape index (κ1) is 7.54. The Morgan fingerprint density at radius 2 is 2.50 bits per heavy atom. The Morgan fingerprint density at radius 3 is 3.00 bits per heavy atom. The average molecular weight is 141 g/mol. The number of rotatable bonds is 3. The SMILES string of the molecule is CCC[N]N1CCCC1=O. The van der Waals surface area contributed by atoms with E-state index >= 15 is 0 Å². The summed E-state index contributed by atoms with van der Waals surface area (Å²) in [7, 11) is 0. The molecule has 0 aromatic heterocycles. The van der Waals surface area contributed by atoms with Crippen molar-refractivity contribution in [2.24, 2.45) is 0 Å². The zero-order chi connectivity index (χ0) is 7.40. The van der Waals surface area contributed by atoms with Crippen LogP contribution in [0.1, 0.15) is 26.2 Å². The number of hydrogen-bond acceptors (Lipinski definition) is 1. The van der Waals surface area contributed by atoms with E-state index in [-0.39, 0.29) is 5.91 Å². The van der Waals surface area contributed by atoms with Crippen LogP contribution in [0, 0.1) is 0 Å². The van der Waals surface area contributed by atoms with Crippen LogP contribution in [-0.2, 0) is 4.79 Å². The highest BCUT2D eigenvalue weighted by Gasteiger charge is 2.19.